The monoisotopic (exact) mass is 350 g/mol. The van der Waals surface area contributed by atoms with Gasteiger partial charge in [0.05, 0.1) is 5.52 Å². The minimum atomic E-state index is -0.106. The highest BCUT2D eigenvalue weighted by molar-refractivity contribution is 5.93. The summed E-state index contributed by atoms with van der Waals surface area (Å²) in [5.41, 5.74) is 1.38. The topological polar surface area (TPSA) is 76.2 Å². The van der Waals surface area contributed by atoms with Crippen LogP contribution in [0.3, 0.4) is 0 Å². The van der Waals surface area contributed by atoms with E-state index in [-0.39, 0.29) is 11.9 Å². The van der Waals surface area contributed by atoms with Crippen molar-refractivity contribution in [2.24, 2.45) is 5.41 Å². The van der Waals surface area contributed by atoms with Crippen LogP contribution in [0.4, 0.5) is 0 Å². The predicted molar refractivity (Wildman–Crippen MR) is 97.3 cm³/mol. The van der Waals surface area contributed by atoms with Crippen molar-refractivity contribution in [2.75, 3.05) is 13.1 Å². The van der Waals surface area contributed by atoms with Gasteiger partial charge in [0.15, 0.2) is 5.82 Å². The van der Waals surface area contributed by atoms with E-state index in [0.29, 0.717) is 11.2 Å². The molecule has 26 heavy (non-hydrogen) atoms. The SMILES string of the molecule is O=C(NC1CCC2(CC1)CNC2)c1nc(-n2ccnc2)c2ccccn12. The highest BCUT2D eigenvalue weighted by atomic mass is 16.2. The zero-order valence-electron chi connectivity index (χ0n) is 14.6. The third-order valence-corrected chi connectivity index (χ3v) is 5.86. The number of hydrogen-bond donors (Lipinski definition) is 2. The van der Waals surface area contributed by atoms with Crippen LogP contribution in [0.15, 0.2) is 43.1 Å². The van der Waals surface area contributed by atoms with E-state index in [1.807, 2.05) is 39.6 Å². The first-order chi connectivity index (χ1) is 12.7. The Labute approximate surface area is 151 Å². The molecule has 7 heteroatoms. The zero-order chi connectivity index (χ0) is 17.6. The molecule has 134 valence electrons. The van der Waals surface area contributed by atoms with Crippen molar-refractivity contribution < 1.29 is 4.79 Å². The number of aromatic nitrogens is 4. The van der Waals surface area contributed by atoms with Gasteiger partial charge in [0.2, 0.25) is 5.82 Å². The number of carbonyl (C=O) groups is 1. The Balaban J connectivity index is 1.39. The van der Waals surface area contributed by atoms with E-state index in [0.717, 1.165) is 37.3 Å². The molecule has 7 nitrogen and oxygen atoms in total. The summed E-state index contributed by atoms with van der Waals surface area (Å²) in [6, 6.07) is 6.07. The largest absolute Gasteiger partial charge is 0.347 e. The lowest BCUT2D eigenvalue weighted by Crippen LogP contribution is -2.56. The van der Waals surface area contributed by atoms with Gasteiger partial charge in [0.25, 0.3) is 5.91 Å². The molecule has 2 fully saturated rings. The number of nitrogens with one attached hydrogen (secondary N) is 2. The summed E-state index contributed by atoms with van der Waals surface area (Å²) in [6.45, 7) is 2.26. The maximum absolute atomic E-state index is 12.9. The number of amides is 1. The smallest absolute Gasteiger partial charge is 0.287 e. The third kappa shape index (κ3) is 2.50. The van der Waals surface area contributed by atoms with Crippen molar-refractivity contribution in [3.8, 4) is 5.82 Å². The quantitative estimate of drug-likeness (QED) is 0.755. The number of hydrogen-bond acceptors (Lipinski definition) is 4. The molecule has 2 aliphatic rings. The first-order valence-corrected chi connectivity index (χ1v) is 9.21. The predicted octanol–water partition coefficient (Wildman–Crippen LogP) is 1.78. The second-order valence-corrected chi connectivity index (χ2v) is 7.54. The number of fused-ring (bicyclic) bond motifs is 1. The van der Waals surface area contributed by atoms with Gasteiger partial charge in [-0.3, -0.25) is 13.8 Å². The van der Waals surface area contributed by atoms with E-state index in [4.69, 9.17) is 0 Å². The van der Waals surface area contributed by atoms with E-state index in [1.54, 1.807) is 12.5 Å². The van der Waals surface area contributed by atoms with Gasteiger partial charge in [-0.05, 0) is 43.2 Å². The fourth-order valence-electron chi connectivity index (χ4n) is 4.21. The van der Waals surface area contributed by atoms with Crippen molar-refractivity contribution >= 4 is 11.4 Å². The zero-order valence-corrected chi connectivity index (χ0v) is 14.6. The van der Waals surface area contributed by atoms with Crippen molar-refractivity contribution in [3.05, 3.63) is 48.9 Å². The Morgan fingerprint density at radius 3 is 2.77 bits per heavy atom. The van der Waals surface area contributed by atoms with Crippen LogP contribution in [0.5, 0.6) is 0 Å². The molecule has 1 spiro atoms. The summed E-state index contributed by atoms with van der Waals surface area (Å²) in [6.07, 6.45) is 11.6. The summed E-state index contributed by atoms with van der Waals surface area (Å²) >= 11 is 0. The van der Waals surface area contributed by atoms with E-state index in [1.165, 1.54) is 12.8 Å². The van der Waals surface area contributed by atoms with Gasteiger partial charge in [-0.15, -0.1) is 0 Å². The number of carbonyl (C=O) groups excluding carboxylic acids is 1. The van der Waals surface area contributed by atoms with Gasteiger partial charge < -0.3 is 10.6 Å². The second-order valence-electron chi connectivity index (χ2n) is 7.54. The summed E-state index contributed by atoms with van der Waals surface area (Å²) < 4.78 is 3.69. The van der Waals surface area contributed by atoms with Crippen molar-refractivity contribution in [1.29, 1.82) is 0 Å². The molecule has 0 bridgehead atoms. The molecular formula is C19H22N6O. The highest BCUT2D eigenvalue weighted by Gasteiger charge is 2.40. The van der Waals surface area contributed by atoms with Crippen molar-refractivity contribution in [3.63, 3.8) is 0 Å². The van der Waals surface area contributed by atoms with E-state index < -0.39 is 0 Å². The third-order valence-electron chi connectivity index (χ3n) is 5.86. The molecule has 0 unspecified atom stereocenters. The van der Waals surface area contributed by atoms with E-state index in [2.05, 4.69) is 20.6 Å². The normalized spacial score (nSPS) is 19.5. The Morgan fingerprint density at radius 1 is 1.23 bits per heavy atom. The lowest BCUT2D eigenvalue weighted by atomic mass is 9.68. The fraction of sp³-hybridized carbons (Fsp3) is 0.421. The van der Waals surface area contributed by atoms with Crippen LogP contribution in [0.2, 0.25) is 0 Å². The minimum absolute atomic E-state index is 0.106. The van der Waals surface area contributed by atoms with Gasteiger partial charge in [-0.25, -0.2) is 9.97 Å². The lowest BCUT2D eigenvalue weighted by Gasteiger charge is -2.47. The minimum Gasteiger partial charge on any atom is -0.347 e. The summed E-state index contributed by atoms with van der Waals surface area (Å²) in [5, 5.41) is 6.59. The molecule has 4 heterocycles. The summed E-state index contributed by atoms with van der Waals surface area (Å²) in [5.74, 6) is 1.04. The molecule has 5 rings (SSSR count). The Hall–Kier alpha value is -2.67. The molecule has 3 aromatic rings. The Morgan fingerprint density at radius 2 is 2.08 bits per heavy atom. The van der Waals surface area contributed by atoms with Crippen LogP contribution in [0.25, 0.3) is 11.3 Å². The first-order valence-electron chi connectivity index (χ1n) is 9.21. The number of nitrogens with zero attached hydrogens (tertiary/aromatic N) is 4. The highest BCUT2D eigenvalue weighted by Crippen LogP contribution is 2.39. The number of imidazole rings is 2. The van der Waals surface area contributed by atoms with Crippen LogP contribution in [-0.4, -0.2) is 44.0 Å². The molecule has 1 saturated heterocycles. The molecule has 0 radical (unpaired) electrons. The molecule has 3 aromatic heterocycles. The van der Waals surface area contributed by atoms with Crippen LogP contribution >= 0.6 is 0 Å². The Kier molecular flexibility index (Phi) is 3.56. The second kappa shape index (κ2) is 5.95. The van der Waals surface area contributed by atoms with Crippen LogP contribution in [0.1, 0.15) is 36.3 Å². The lowest BCUT2D eigenvalue weighted by molar-refractivity contribution is 0.0773. The molecule has 1 amide bonds. The van der Waals surface area contributed by atoms with Crippen molar-refractivity contribution in [1.82, 2.24) is 29.6 Å². The molecule has 0 aromatic carbocycles. The van der Waals surface area contributed by atoms with Crippen LogP contribution in [-0.2, 0) is 0 Å². The summed E-state index contributed by atoms with van der Waals surface area (Å²) in [7, 11) is 0. The maximum Gasteiger partial charge on any atom is 0.287 e. The fourth-order valence-corrected chi connectivity index (χ4v) is 4.21. The van der Waals surface area contributed by atoms with Crippen molar-refractivity contribution in [2.45, 2.75) is 31.7 Å². The average Bonchev–Trinajstić information content (AvgIpc) is 3.28. The van der Waals surface area contributed by atoms with Gasteiger partial charge >= 0.3 is 0 Å². The Bertz CT molecular complexity index is 930. The molecule has 1 aliphatic carbocycles. The summed E-state index contributed by atoms with van der Waals surface area (Å²) in [4.78, 5) is 21.6. The van der Waals surface area contributed by atoms with Crippen LogP contribution < -0.4 is 10.6 Å². The molecule has 1 saturated carbocycles. The van der Waals surface area contributed by atoms with E-state index in [9.17, 15) is 4.79 Å². The first kappa shape index (κ1) is 15.6. The van der Waals surface area contributed by atoms with Gasteiger partial charge in [-0.1, -0.05) is 6.07 Å². The van der Waals surface area contributed by atoms with Gasteiger partial charge in [-0.2, -0.15) is 0 Å². The van der Waals surface area contributed by atoms with Gasteiger partial charge in [0, 0.05) is 37.7 Å². The molecule has 1 aliphatic heterocycles. The molecule has 2 N–H and O–H groups in total. The number of rotatable bonds is 3. The number of pyridine rings is 1. The molecular weight excluding hydrogens is 328 g/mol. The molecule has 0 atom stereocenters. The van der Waals surface area contributed by atoms with E-state index >= 15 is 0 Å². The van der Waals surface area contributed by atoms with Crippen LogP contribution in [0, 0.1) is 5.41 Å². The standard InChI is InChI=1S/C19H22N6O/c26-18(22-14-4-6-19(7-5-14)11-21-12-19)17-23-16(24-10-8-20-13-24)15-3-1-2-9-25(15)17/h1-3,8-10,13-14,21H,4-7,11-12H2,(H,22,26). The maximum atomic E-state index is 12.9. The average molecular weight is 350 g/mol. The van der Waals surface area contributed by atoms with Gasteiger partial charge in [0.1, 0.15) is 6.33 Å².